The van der Waals surface area contributed by atoms with Gasteiger partial charge in [0.25, 0.3) is 0 Å². The van der Waals surface area contributed by atoms with E-state index in [1.54, 1.807) is 7.05 Å². The van der Waals surface area contributed by atoms with Crippen LogP contribution in [0.2, 0.25) is 0 Å². The highest BCUT2D eigenvalue weighted by molar-refractivity contribution is 5.90. The summed E-state index contributed by atoms with van der Waals surface area (Å²) >= 11 is 0. The second kappa shape index (κ2) is 13.1. The normalized spacial score (nSPS) is 16.8. The van der Waals surface area contributed by atoms with E-state index in [-0.39, 0.29) is 12.0 Å². The Morgan fingerprint density at radius 3 is 2.79 bits per heavy atom. The van der Waals surface area contributed by atoms with Gasteiger partial charge in [-0.1, -0.05) is 19.1 Å². The van der Waals surface area contributed by atoms with E-state index in [0.717, 1.165) is 62.7 Å². The van der Waals surface area contributed by atoms with Gasteiger partial charge in [0.2, 0.25) is 5.91 Å². The van der Waals surface area contributed by atoms with Crippen molar-refractivity contribution in [2.24, 2.45) is 4.99 Å². The fourth-order valence-electron chi connectivity index (χ4n) is 2.93. The molecule has 28 heavy (non-hydrogen) atoms. The van der Waals surface area contributed by atoms with Crippen LogP contribution in [0.25, 0.3) is 0 Å². The Morgan fingerprint density at radius 1 is 1.29 bits per heavy atom. The van der Waals surface area contributed by atoms with Crippen LogP contribution in [0, 0.1) is 0 Å². The molecule has 0 spiro atoms. The Bertz CT molecular complexity index is 598. The maximum Gasteiger partial charge on any atom is 0.224 e. The van der Waals surface area contributed by atoms with Gasteiger partial charge in [-0.25, -0.2) is 0 Å². The SMILES string of the molecule is CCCC(=O)Nc1ccc(CNC(=NC)NCCCOCC2CCCO2)cc1. The molecule has 0 saturated carbocycles. The summed E-state index contributed by atoms with van der Waals surface area (Å²) in [4.78, 5) is 15.9. The van der Waals surface area contributed by atoms with Crippen molar-refractivity contribution in [2.45, 2.75) is 51.7 Å². The first-order valence-corrected chi connectivity index (χ1v) is 10.2. The lowest BCUT2D eigenvalue weighted by Gasteiger charge is -2.13. The molecule has 1 unspecified atom stereocenters. The van der Waals surface area contributed by atoms with E-state index in [0.29, 0.717) is 19.6 Å². The lowest BCUT2D eigenvalue weighted by Crippen LogP contribution is -2.37. The topological polar surface area (TPSA) is 84.0 Å². The molecule has 1 aromatic rings. The van der Waals surface area contributed by atoms with E-state index >= 15 is 0 Å². The van der Waals surface area contributed by atoms with E-state index < -0.39 is 0 Å². The van der Waals surface area contributed by atoms with Gasteiger partial charge in [0.15, 0.2) is 5.96 Å². The zero-order valence-corrected chi connectivity index (χ0v) is 17.1. The maximum absolute atomic E-state index is 11.6. The van der Waals surface area contributed by atoms with Crippen molar-refractivity contribution in [3.8, 4) is 0 Å². The van der Waals surface area contributed by atoms with Crippen LogP contribution in [0.4, 0.5) is 5.69 Å². The number of nitrogens with one attached hydrogen (secondary N) is 3. The summed E-state index contributed by atoms with van der Waals surface area (Å²) in [6.45, 7) is 5.74. The summed E-state index contributed by atoms with van der Waals surface area (Å²) in [5.74, 6) is 0.817. The molecule has 1 saturated heterocycles. The van der Waals surface area contributed by atoms with Crippen molar-refractivity contribution in [3.63, 3.8) is 0 Å². The summed E-state index contributed by atoms with van der Waals surface area (Å²) in [5, 5.41) is 9.48. The van der Waals surface area contributed by atoms with Gasteiger partial charge in [-0.2, -0.15) is 0 Å². The number of nitrogens with zero attached hydrogens (tertiary/aromatic N) is 1. The summed E-state index contributed by atoms with van der Waals surface area (Å²) in [6.07, 6.45) is 4.86. The fourth-order valence-corrected chi connectivity index (χ4v) is 2.93. The molecule has 7 heteroatoms. The molecular weight excluding hydrogens is 356 g/mol. The first-order valence-electron chi connectivity index (χ1n) is 10.2. The van der Waals surface area contributed by atoms with Crippen LogP contribution in [-0.4, -0.2) is 51.4 Å². The predicted octanol–water partition coefficient (Wildman–Crippen LogP) is 2.68. The van der Waals surface area contributed by atoms with Gasteiger partial charge in [-0.05, 0) is 43.4 Å². The van der Waals surface area contributed by atoms with Gasteiger partial charge in [-0.15, -0.1) is 0 Å². The summed E-state index contributed by atoms with van der Waals surface area (Å²) in [5.41, 5.74) is 1.95. The van der Waals surface area contributed by atoms with Crippen LogP contribution in [0.3, 0.4) is 0 Å². The number of rotatable bonds is 11. The van der Waals surface area contributed by atoms with Gasteiger partial charge in [0.05, 0.1) is 12.7 Å². The minimum Gasteiger partial charge on any atom is -0.379 e. The molecule has 2 rings (SSSR count). The van der Waals surface area contributed by atoms with Crippen molar-refractivity contribution < 1.29 is 14.3 Å². The third-order valence-corrected chi connectivity index (χ3v) is 4.48. The third kappa shape index (κ3) is 8.71. The van der Waals surface area contributed by atoms with Crippen LogP contribution in [0.1, 0.15) is 44.6 Å². The van der Waals surface area contributed by atoms with Crippen LogP contribution >= 0.6 is 0 Å². The molecule has 1 aliphatic rings. The molecule has 0 radical (unpaired) electrons. The number of carbonyl (C=O) groups excluding carboxylic acids is 1. The second-order valence-corrected chi connectivity index (χ2v) is 6.91. The lowest BCUT2D eigenvalue weighted by molar-refractivity contribution is -0.116. The molecule has 0 aliphatic carbocycles. The molecule has 1 aromatic carbocycles. The molecule has 3 N–H and O–H groups in total. The van der Waals surface area contributed by atoms with E-state index in [4.69, 9.17) is 9.47 Å². The summed E-state index contributed by atoms with van der Waals surface area (Å²) < 4.78 is 11.2. The van der Waals surface area contributed by atoms with Crippen molar-refractivity contribution in [1.29, 1.82) is 0 Å². The number of carbonyl (C=O) groups is 1. The maximum atomic E-state index is 11.6. The van der Waals surface area contributed by atoms with E-state index in [1.807, 2.05) is 31.2 Å². The highest BCUT2D eigenvalue weighted by atomic mass is 16.5. The Labute approximate surface area is 168 Å². The minimum atomic E-state index is 0.0534. The molecule has 156 valence electrons. The monoisotopic (exact) mass is 390 g/mol. The zero-order chi connectivity index (χ0) is 20.0. The molecule has 1 fully saturated rings. The molecule has 0 bridgehead atoms. The number of ether oxygens (including phenoxy) is 2. The van der Waals surface area contributed by atoms with E-state index in [9.17, 15) is 4.79 Å². The Balaban J connectivity index is 1.58. The van der Waals surface area contributed by atoms with Crippen molar-refractivity contribution in [1.82, 2.24) is 10.6 Å². The van der Waals surface area contributed by atoms with Gasteiger partial charge in [-0.3, -0.25) is 9.79 Å². The standard InChI is InChI=1S/C21H34N4O3/c1-3-6-20(26)25-18-10-8-17(9-11-18)15-24-21(22-2)23-12-5-13-27-16-19-7-4-14-28-19/h8-11,19H,3-7,12-16H2,1-2H3,(H,25,26)(H2,22,23,24). The van der Waals surface area contributed by atoms with Crippen LogP contribution in [-0.2, 0) is 20.8 Å². The van der Waals surface area contributed by atoms with Gasteiger partial charge in [0.1, 0.15) is 0 Å². The van der Waals surface area contributed by atoms with Crippen molar-refractivity contribution in [2.75, 3.05) is 38.7 Å². The van der Waals surface area contributed by atoms with Crippen molar-refractivity contribution in [3.05, 3.63) is 29.8 Å². The first kappa shape index (κ1) is 22.2. The smallest absolute Gasteiger partial charge is 0.224 e. The minimum absolute atomic E-state index is 0.0534. The highest BCUT2D eigenvalue weighted by Crippen LogP contribution is 2.12. The summed E-state index contributed by atoms with van der Waals surface area (Å²) in [7, 11) is 1.76. The average Bonchev–Trinajstić information content (AvgIpc) is 3.21. The Kier molecular flexibility index (Phi) is 10.4. The van der Waals surface area contributed by atoms with E-state index in [2.05, 4.69) is 20.9 Å². The highest BCUT2D eigenvalue weighted by Gasteiger charge is 2.14. The molecule has 1 heterocycles. The number of aliphatic imine (C=N–C) groups is 1. The average molecular weight is 391 g/mol. The predicted molar refractivity (Wildman–Crippen MR) is 113 cm³/mol. The van der Waals surface area contributed by atoms with Crippen molar-refractivity contribution >= 4 is 17.6 Å². The molecule has 1 atom stereocenters. The first-order chi connectivity index (χ1) is 13.7. The quantitative estimate of drug-likeness (QED) is 0.307. The Hall–Kier alpha value is -2.12. The molecule has 1 aliphatic heterocycles. The van der Waals surface area contributed by atoms with Crippen LogP contribution in [0.15, 0.2) is 29.3 Å². The van der Waals surface area contributed by atoms with Gasteiger partial charge >= 0.3 is 0 Å². The Morgan fingerprint density at radius 2 is 2.11 bits per heavy atom. The molecule has 1 amide bonds. The van der Waals surface area contributed by atoms with Gasteiger partial charge in [0, 0.05) is 45.5 Å². The summed E-state index contributed by atoms with van der Waals surface area (Å²) in [6, 6.07) is 7.85. The second-order valence-electron chi connectivity index (χ2n) is 6.91. The fraction of sp³-hybridized carbons (Fsp3) is 0.619. The largest absolute Gasteiger partial charge is 0.379 e. The number of hydrogen-bond acceptors (Lipinski definition) is 4. The number of amides is 1. The molecular formula is C21H34N4O3. The number of anilines is 1. The van der Waals surface area contributed by atoms with Crippen LogP contribution < -0.4 is 16.0 Å². The van der Waals surface area contributed by atoms with Crippen LogP contribution in [0.5, 0.6) is 0 Å². The third-order valence-electron chi connectivity index (χ3n) is 4.48. The zero-order valence-electron chi connectivity index (χ0n) is 17.1. The lowest BCUT2D eigenvalue weighted by atomic mass is 10.2. The molecule has 0 aromatic heterocycles. The van der Waals surface area contributed by atoms with E-state index in [1.165, 1.54) is 0 Å². The number of guanidine groups is 1. The van der Waals surface area contributed by atoms with Gasteiger partial charge < -0.3 is 25.4 Å². The molecule has 7 nitrogen and oxygen atoms in total. The number of benzene rings is 1. The number of hydrogen-bond donors (Lipinski definition) is 3.